The molecule has 0 spiro atoms. The molecule has 284 valence electrons. The zero-order chi connectivity index (χ0) is 37.7. The van der Waals surface area contributed by atoms with Gasteiger partial charge in [-0.2, -0.15) is 4.98 Å². The summed E-state index contributed by atoms with van der Waals surface area (Å²) in [5, 5.41) is 42.2. The van der Waals surface area contributed by atoms with Gasteiger partial charge in [-0.1, -0.05) is 5.16 Å². The fourth-order valence-electron chi connectivity index (χ4n) is 9.48. The number of phenolic OH excluding ortho intramolecular Hbond substituents is 1. The first kappa shape index (κ1) is 37.5. The molecule has 0 aliphatic heterocycles. The lowest BCUT2D eigenvalue weighted by molar-refractivity contribution is -0.130. The van der Waals surface area contributed by atoms with Crippen LogP contribution < -0.4 is 27.0 Å². The molecule has 4 bridgehead atoms. The van der Waals surface area contributed by atoms with Crippen LogP contribution in [0.25, 0.3) is 0 Å². The molecule has 3 atom stereocenters. The summed E-state index contributed by atoms with van der Waals surface area (Å²) < 4.78 is 5.89. The molecule has 2 aromatic heterocycles. The third-order valence-electron chi connectivity index (χ3n) is 11.3. The van der Waals surface area contributed by atoms with E-state index < -0.39 is 36.0 Å². The van der Waals surface area contributed by atoms with Crippen molar-refractivity contribution in [2.75, 3.05) is 6.54 Å². The Hall–Kier alpha value is -5.21. The van der Waals surface area contributed by atoms with Gasteiger partial charge in [0.05, 0.1) is 0 Å². The van der Waals surface area contributed by atoms with Crippen molar-refractivity contribution in [2.24, 2.45) is 28.9 Å². The molecule has 1 aromatic carbocycles. The van der Waals surface area contributed by atoms with E-state index in [2.05, 4.69) is 31.4 Å². The Bertz CT molecular complexity index is 1740. The van der Waals surface area contributed by atoms with E-state index in [0.29, 0.717) is 18.7 Å². The number of carbonyl (C=O) groups excluding carboxylic acids is 2. The topological polar surface area (TPSA) is 241 Å². The third kappa shape index (κ3) is 9.62. The molecule has 0 radical (unpaired) electrons. The first-order chi connectivity index (χ1) is 25.3. The van der Waals surface area contributed by atoms with Gasteiger partial charge >= 0.3 is 6.09 Å². The molecule has 2 unspecified atom stereocenters. The fraction of sp³-hybridized carbons (Fsp3) is 0.553. The number of hydrogen-bond acceptors (Lipinski definition) is 9. The lowest BCUT2D eigenvalue weighted by atomic mass is 9.49. The lowest BCUT2D eigenvalue weighted by Gasteiger charge is -2.56. The summed E-state index contributed by atoms with van der Waals surface area (Å²) in [6.07, 6.45) is 11.1. The van der Waals surface area contributed by atoms with Crippen molar-refractivity contribution < 1.29 is 29.1 Å². The number of nitrogens with one attached hydrogen (secondary N) is 5. The van der Waals surface area contributed by atoms with E-state index in [4.69, 9.17) is 20.7 Å². The zero-order valence-electron chi connectivity index (χ0n) is 30.4. The fourth-order valence-corrected chi connectivity index (χ4v) is 9.48. The average molecular weight is 730 g/mol. The minimum Gasteiger partial charge on any atom is -0.508 e. The maximum Gasteiger partial charge on any atom is 0.405 e. The average Bonchev–Trinajstić information content (AvgIpc) is 3.54. The monoisotopic (exact) mass is 729 g/mol. The number of pyridine rings is 1. The highest BCUT2D eigenvalue weighted by Gasteiger charge is 2.51. The van der Waals surface area contributed by atoms with Crippen LogP contribution in [0.5, 0.6) is 5.75 Å². The second kappa shape index (κ2) is 16.2. The second-order valence-corrected chi connectivity index (χ2v) is 15.6. The first-order valence-corrected chi connectivity index (χ1v) is 18.5. The molecule has 4 saturated carbocycles. The van der Waals surface area contributed by atoms with Crippen LogP contribution in [0.4, 0.5) is 4.79 Å². The van der Waals surface area contributed by atoms with Gasteiger partial charge in [-0.3, -0.25) is 20.0 Å². The number of carbonyl (C=O) groups is 3. The van der Waals surface area contributed by atoms with Crippen molar-refractivity contribution in [1.82, 2.24) is 36.4 Å². The number of hydrogen-bond donors (Lipinski definition) is 8. The van der Waals surface area contributed by atoms with Gasteiger partial charge in [-0.05, 0) is 135 Å². The smallest absolute Gasteiger partial charge is 0.405 e. The maximum absolute atomic E-state index is 14.4. The van der Waals surface area contributed by atoms with Crippen LogP contribution in [0.3, 0.4) is 0 Å². The predicted octanol–water partition coefficient (Wildman–Crippen LogP) is 3.57. The van der Waals surface area contributed by atoms with Crippen LogP contribution in [0.15, 0.2) is 41.2 Å². The Kier molecular flexibility index (Phi) is 11.5. The normalized spacial score (nSPS) is 23.1. The number of aromatic nitrogens is 3. The maximum atomic E-state index is 14.4. The van der Waals surface area contributed by atoms with E-state index in [-0.39, 0.29) is 42.4 Å². The van der Waals surface area contributed by atoms with Crippen LogP contribution in [0.2, 0.25) is 0 Å². The Morgan fingerprint density at radius 2 is 1.58 bits per heavy atom. The van der Waals surface area contributed by atoms with Gasteiger partial charge in [0, 0.05) is 38.2 Å². The molecule has 53 heavy (non-hydrogen) atoms. The van der Waals surface area contributed by atoms with Crippen LogP contribution >= 0.6 is 0 Å². The second-order valence-electron chi connectivity index (χ2n) is 15.6. The highest BCUT2D eigenvalue weighted by molar-refractivity contribution is 5.91. The molecule has 2 heterocycles. The Morgan fingerprint density at radius 3 is 2.19 bits per heavy atom. The van der Waals surface area contributed by atoms with Gasteiger partial charge < -0.3 is 41.7 Å². The Balaban J connectivity index is 1.24. The van der Waals surface area contributed by atoms with Gasteiger partial charge in [0.2, 0.25) is 17.7 Å². The van der Waals surface area contributed by atoms with Crippen LogP contribution in [-0.4, -0.2) is 67.8 Å². The quantitative estimate of drug-likeness (QED) is 0.0602. The van der Waals surface area contributed by atoms with Crippen molar-refractivity contribution in [3.05, 3.63) is 70.6 Å². The number of nitrogens with two attached hydrogens (primary N) is 1. The molecule has 9 N–H and O–H groups in total. The van der Waals surface area contributed by atoms with E-state index in [1.807, 2.05) is 26.0 Å². The number of aryl methyl sites for hydroxylation is 2. The molecule has 0 saturated heterocycles. The summed E-state index contributed by atoms with van der Waals surface area (Å²) in [7, 11) is 0. The number of nitrogens with zero attached hydrogens (tertiary/aromatic N) is 3. The molecule has 15 nitrogen and oxygen atoms in total. The summed E-state index contributed by atoms with van der Waals surface area (Å²) >= 11 is 0. The number of guanidine groups is 1. The van der Waals surface area contributed by atoms with Crippen molar-refractivity contribution in [3.8, 4) is 5.75 Å². The molecular weight excluding hydrogens is 678 g/mol. The molecule has 3 aromatic rings. The number of benzene rings is 1. The minimum atomic E-state index is -1.39. The molecule has 4 aliphatic rings. The summed E-state index contributed by atoms with van der Waals surface area (Å²) in [5.74, 6) is 1.86. The van der Waals surface area contributed by atoms with Gasteiger partial charge in [0.1, 0.15) is 23.9 Å². The number of amides is 3. The van der Waals surface area contributed by atoms with Crippen LogP contribution in [0.1, 0.15) is 91.4 Å². The van der Waals surface area contributed by atoms with Crippen molar-refractivity contribution in [3.63, 3.8) is 0 Å². The highest BCUT2D eigenvalue weighted by Crippen LogP contribution is 2.60. The molecule has 3 amide bonds. The highest BCUT2D eigenvalue weighted by atomic mass is 16.5. The number of aromatic hydroxyl groups is 1. The molecule has 4 fully saturated rings. The number of rotatable bonds is 16. The third-order valence-corrected chi connectivity index (χ3v) is 11.3. The van der Waals surface area contributed by atoms with Gasteiger partial charge in [0.15, 0.2) is 11.8 Å². The summed E-state index contributed by atoms with van der Waals surface area (Å²) in [6, 6.07) is 3.79. The predicted molar refractivity (Wildman–Crippen MR) is 195 cm³/mol. The summed E-state index contributed by atoms with van der Waals surface area (Å²) in [4.78, 5) is 48.7. The lowest BCUT2D eigenvalue weighted by Crippen LogP contribution is -2.55. The van der Waals surface area contributed by atoms with Crippen LogP contribution in [-0.2, 0) is 28.9 Å². The van der Waals surface area contributed by atoms with Gasteiger partial charge in [-0.15, -0.1) is 0 Å². The van der Waals surface area contributed by atoms with Crippen molar-refractivity contribution in [1.29, 1.82) is 5.41 Å². The van der Waals surface area contributed by atoms with E-state index in [1.165, 1.54) is 38.5 Å². The van der Waals surface area contributed by atoms with Crippen molar-refractivity contribution in [2.45, 2.75) is 103 Å². The van der Waals surface area contributed by atoms with E-state index in [0.717, 1.165) is 46.4 Å². The summed E-state index contributed by atoms with van der Waals surface area (Å²) in [6.45, 7) is 3.87. The zero-order valence-corrected chi connectivity index (χ0v) is 30.4. The SMILES string of the molecule is Cc1cc(O)cc(C)c1CC(NC(=O)C(CCCNC(=N)N)NC(=O)O)C(=O)N[C@@H](Cc1ccncc1)c1nc(CC23CC4CC(CC(C4)C2)C3)no1. The standard InChI is InChI=1S/C38H51N9O6/c1-21-10-27(48)11-22(2)28(21)16-30(43-33(49)29(45-37(51)52)4-3-7-42-36(39)40)34(50)44-31(15-23-5-8-41-9-6-23)35-46-32(47-53-35)20-38-17-24-12-25(18-38)14-26(13-24)19-38/h5-6,8-11,24-26,29-31,45,48H,3-4,7,12-20H2,1-2H3,(H,43,49)(H,44,50)(H,51,52)(H4,39,40,42)/t24?,25?,26?,29?,30?,31-,38?/m0/s1. The molecule has 15 heteroatoms. The molecule has 4 aliphatic carbocycles. The number of carboxylic acid groups (broad SMARTS) is 1. The van der Waals surface area contributed by atoms with E-state index in [9.17, 15) is 24.6 Å². The Morgan fingerprint density at radius 1 is 0.962 bits per heavy atom. The van der Waals surface area contributed by atoms with Crippen molar-refractivity contribution >= 4 is 23.9 Å². The Labute approximate surface area is 308 Å². The van der Waals surface area contributed by atoms with Gasteiger partial charge in [-0.25, -0.2) is 4.79 Å². The van der Waals surface area contributed by atoms with E-state index >= 15 is 0 Å². The van der Waals surface area contributed by atoms with Crippen LogP contribution in [0, 0.1) is 42.4 Å². The molecular formula is C38H51N9O6. The van der Waals surface area contributed by atoms with E-state index in [1.54, 1.807) is 24.5 Å². The number of phenols is 1. The first-order valence-electron chi connectivity index (χ1n) is 18.5. The molecule has 7 rings (SSSR count). The summed E-state index contributed by atoms with van der Waals surface area (Å²) in [5.41, 5.74) is 8.63. The minimum absolute atomic E-state index is 0.0598. The van der Waals surface area contributed by atoms with Gasteiger partial charge in [0.25, 0.3) is 0 Å². The largest absolute Gasteiger partial charge is 0.508 e.